The van der Waals surface area contributed by atoms with Crippen molar-refractivity contribution in [3.63, 3.8) is 0 Å². The normalized spacial score (nSPS) is 28.4. The van der Waals surface area contributed by atoms with E-state index in [2.05, 4.69) is 10.9 Å². The van der Waals surface area contributed by atoms with Crippen LogP contribution in [0.15, 0.2) is 0 Å². The van der Waals surface area contributed by atoms with Gasteiger partial charge in [0.25, 0.3) is 12.6 Å². The van der Waals surface area contributed by atoms with Crippen LogP contribution in [0.1, 0.15) is 32.1 Å². The predicted molar refractivity (Wildman–Crippen MR) is 37.6 cm³/mol. The maximum Gasteiger partial charge on any atom is 0.273 e. The molecule has 0 bridgehead atoms. The summed E-state index contributed by atoms with van der Waals surface area (Å²) >= 11 is 0. The molecule has 1 spiro atoms. The summed E-state index contributed by atoms with van der Waals surface area (Å²) in [5, 5.41) is 0. The molecule has 1 saturated carbocycles. The molecule has 1 nitrogen and oxygen atoms in total. The molecule has 1 heteroatoms. The van der Waals surface area contributed by atoms with Gasteiger partial charge in [0.2, 0.25) is 0 Å². The molecule has 2 aliphatic rings. The summed E-state index contributed by atoms with van der Waals surface area (Å²) in [4.78, 5) is 4.17. The summed E-state index contributed by atoms with van der Waals surface area (Å²) in [6, 6.07) is 3.08. The van der Waals surface area contributed by atoms with E-state index in [4.69, 9.17) is 0 Å². The maximum atomic E-state index is 4.17. The van der Waals surface area contributed by atoms with Gasteiger partial charge in [0.15, 0.2) is 0 Å². The molecule has 1 heterocycles. The van der Waals surface area contributed by atoms with Crippen molar-refractivity contribution in [1.82, 2.24) is 0 Å². The summed E-state index contributed by atoms with van der Waals surface area (Å²) in [5.74, 6) is 0. The fourth-order valence-electron chi connectivity index (χ4n) is 1.96. The van der Waals surface area contributed by atoms with Gasteiger partial charge in [0, 0.05) is 0 Å². The van der Waals surface area contributed by atoms with Gasteiger partial charge in [-0.2, -0.15) is 0 Å². The molecule has 1 aliphatic heterocycles. The Morgan fingerprint density at radius 2 is 2.00 bits per heavy atom. The molecule has 0 N–H and O–H groups in total. The molecule has 0 aromatic carbocycles. The third-order valence-corrected chi connectivity index (χ3v) is 2.64. The van der Waals surface area contributed by atoms with E-state index < -0.39 is 0 Å². The average Bonchev–Trinajstić information content (AvgIpc) is 2.45. The lowest BCUT2D eigenvalue weighted by Crippen LogP contribution is -2.15. The molecule has 2 rings (SSSR count). The van der Waals surface area contributed by atoms with Gasteiger partial charge in [-0.3, -0.25) is 0 Å². The van der Waals surface area contributed by atoms with Gasteiger partial charge in [-0.15, -0.1) is 0 Å². The van der Waals surface area contributed by atoms with E-state index >= 15 is 0 Å². The highest BCUT2D eigenvalue weighted by atomic mass is 14.7. The first-order chi connectivity index (χ1) is 4.41. The number of hydrogen-bond acceptors (Lipinski definition) is 0. The highest BCUT2D eigenvalue weighted by Gasteiger charge is 2.41. The maximum absolute atomic E-state index is 4.17. The zero-order chi connectivity index (χ0) is 6.16. The lowest BCUT2D eigenvalue weighted by molar-refractivity contribution is 0.351. The Bertz CT molecular complexity index is 155. The van der Waals surface area contributed by atoms with Crippen LogP contribution in [0, 0.1) is 11.5 Å². The molecular formula is C8H12N+. The van der Waals surface area contributed by atoms with Gasteiger partial charge in [-0.25, -0.2) is 0 Å². The van der Waals surface area contributed by atoms with Crippen molar-refractivity contribution in [3.8, 4) is 6.07 Å². The molecule has 0 atom stereocenters. The van der Waals surface area contributed by atoms with Crippen LogP contribution in [0.25, 0.3) is 4.85 Å². The monoisotopic (exact) mass is 122 g/mol. The largest absolute Gasteiger partial charge is 0.273 e. The summed E-state index contributed by atoms with van der Waals surface area (Å²) in [6.45, 7) is 1.08. The number of nitrogens with zero attached hydrogens (tertiary/aromatic N) is 1. The van der Waals surface area contributed by atoms with Gasteiger partial charge < -0.3 is 0 Å². The first kappa shape index (κ1) is 5.29. The molecule has 0 saturated heterocycles. The summed E-state index contributed by atoms with van der Waals surface area (Å²) in [6.07, 6.45) is 6.81. The van der Waals surface area contributed by atoms with Crippen molar-refractivity contribution < 1.29 is 0 Å². The second kappa shape index (κ2) is 1.73. The quantitative estimate of drug-likeness (QED) is 0.464. The Labute approximate surface area is 55.9 Å². The van der Waals surface area contributed by atoms with Crippen LogP contribution in [-0.2, 0) is 0 Å². The Balaban J connectivity index is 2.08. The van der Waals surface area contributed by atoms with Gasteiger partial charge in [-0.1, -0.05) is 17.7 Å². The molecular weight excluding hydrogens is 110 g/mol. The van der Waals surface area contributed by atoms with Crippen LogP contribution in [0.2, 0.25) is 0 Å². The molecule has 0 amide bonds. The topological polar surface area (TPSA) is 4.36 Å². The molecule has 48 valence electrons. The van der Waals surface area contributed by atoms with Crippen molar-refractivity contribution in [3.05, 3.63) is 4.85 Å². The molecule has 9 heavy (non-hydrogen) atoms. The lowest BCUT2D eigenvalue weighted by atomic mass is 9.85. The van der Waals surface area contributed by atoms with E-state index in [9.17, 15) is 0 Å². The highest BCUT2D eigenvalue weighted by molar-refractivity contribution is 5.08. The van der Waals surface area contributed by atoms with E-state index in [1.165, 1.54) is 25.7 Å². The first-order valence-electron chi connectivity index (χ1n) is 3.81. The van der Waals surface area contributed by atoms with Crippen molar-refractivity contribution in [2.45, 2.75) is 32.1 Å². The average molecular weight is 122 g/mol. The summed E-state index contributed by atoms with van der Waals surface area (Å²) in [5.41, 5.74) is 0.611. The molecule has 0 aromatic rings. The Kier molecular flexibility index (Phi) is 1.02. The van der Waals surface area contributed by atoms with Crippen LogP contribution in [0.3, 0.4) is 0 Å². The smallest absolute Gasteiger partial charge is 0.0830 e. The van der Waals surface area contributed by atoms with Gasteiger partial charge in [0.05, 0.1) is 11.8 Å². The minimum atomic E-state index is 0.611. The van der Waals surface area contributed by atoms with Crippen LogP contribution >= 0.6 is 0 Å². The molecule has 0 unspecified atom stereocenters. The van der Waals surface area contributed by atoms with Gasteiger partial charge in [0.1, 0.15) is 0 Å². The van der Waals surface area contributed by atoms with Gasteiger partial charge >= 0.3 is 0 Å². The zero-order valence-electron chi connectivity index (χ0n) is 5.69. The minimum Gasteiger partial charge on any atom is -0.0830 e. The summed E-state index contributed by atoms with van der Waals surface area (Å²) in [7, 11) is 0. The Hall–Kier alpha value is -0.510. The first-order valence-corrected chi connectivity index (χ1v) is 3.81. The number of rotatable bonds is 0. The van der Waals surface area contributed by atoms with Crippen molar-refractivity contribution in [2.24, 2.45) is 5.41 Å². The van der Waals surface area contributed by atoms with Crippen LogP contribution in [-0.4, -0.2) is 6.54 Å². The SMILES string of the molecule is C1#[N+]CC2(C1)CCCC2. The second-order valence-electron chi connectivity index (χ2n) is 3.36. The lowest BCUT2D eigenvalue weighted by Gasteiger charge is -2.11. The van der Waals surface area contributed by atoms with Crippen LogP contribution in [0.4, 0.5) is 0 Å². The van der Waals surface area contributed by atoms with Gasteiger partial charge in [-0.05, 0) is 12.8 Å². The Morgan fingerprint density at radius 1 is 1.22 bits per heavy atom. The fraction of sp³-hybridized carbons (Fsp3) is 0.875. The predicted octanol–water partition coefficient (Wildman–Crippen LogP) is 2.28. The standard InChI is InChI=1S/C8H12N/c1-2-4-8(3-1)5-6-9-7-8/h1-5,7H2/q+1. The van der Waals surface area contributed by atoms with E-state index in [0.29, 0.717) is 5.41 Å². The van der Waals surface area contributed by atoms with Crippen molar-refractivity contribution >= 4 is 0 Å². The fourth-order valence-corrected chi connectivity index (χ4v) is 1.96. The second-order valence-corrected chi connectivity index (χ2v) is 3.36. The van der Waals surface area contributed by atoms with Crippen molar-refractivity contribution in [2.75, 3.05) is 6.54 Å². The third kappa shape index (κ3) is 0.738. The van der Waals surface area contributed by atoms with E-state index in [-0.39, 0.29) is 0 Å². The molecule has 1 fully saturated rings. The third-order valence-electron chi connectivity index (χ3n) is 2.64. The van der Waals surface area contributed by atoms with E-state index in [1.807, 2.05) is 0 Å². The minimum absolute atomic E-state index is 0.611. The highest BCUT2D eigenvalue weighted by Crippen LogP contribution is 2.43. The van der Waals surface area contributed by atoms with Crippen LogP contribution in [0.5, 0.6) is 0 Å². The van der Waals surface area contributed by atoms with Crippen LogP contribution < -0.4 is 0 Å². The molecule has 0 radical (unpaired) electrons. The molecule has 0 aromatic heterocycles. The van der Waals surface area contributed by atoms with E-state index in [1.54, 1.807) is 0 Å². The molecule has 1 aliphatic carbocycles. The zero-order valence-corrected chi connectivity index (χ0v) is 5.69. The van der Waals surface area contributed by atoms with E-state index in [0.717, 1.165) is 13.0 Å². The summed E-state index contributed by atoms with van der Waals surface area (Å²) < 4.78 is 0. The number of hydrogen-bond donors (Lipinski definition) is 0. The van der Waals surface area contributed by atoms with Crippen molar-refractivity contribution in [1.29, 1.82) is 0 Å². The Morgan fingerprint density at radius 3 is 2.56 bits per heavy atom.